The van der Waals surface area contributed by atoms with Gasteiger partial charge in [-0.15, -0.1) is 0 Å². The molecule has 2 aromatic rings. The predicted molar refractivity (Wildman–Crippen MR) is 73.1 cm³/mol. The van der Waals surface area contributed by atoms with Gasteiger partial charge in [-0.3, -0.25) is 9.97 Å². The van der Waals surface area contributed by atoms with Crippen molar-refractivity contribution < 1.29 is 4.74 Å². The highest BCUT2D eigenvalue weighted by atomic mass is 16.5. The average molecular weight is 238 g/mol. The maximum atomic E-state index is 5.04. The summed E-state index contributed by atoms with van der Waals surface area (Å²) in [5.41, 5.74) is 1.83. The molecule has 0 aliphatic carbocycles. The monoisotopic (exact) mass is 238 g/mol. The quantitative estimate of drug-likeness (QED) is 0.767. The van der Waals surface area contributed by atoms with Crippen LogP contribution in [0.1, 0.15) is 11.4 Å². The SMILES string of the molecule is COc1ccc(C=CC=Cc2ccccn2)nc1. The van der Waals surface area contributed by atoms with Crippen LogP contribution < -0.4 is 4.74 Å². The molecule has 0 saturated heterocycles. The first-order chi connectivity index (χ1) is 8.88. The number of rotatable bonds is 4. The number of ether oxygens (including phenoxy) is 1. The van der Waals surface area contributed by atoms with Crippen molar-refractivity contribution in [3.63, 3.8) is 0 Å². The van der Waals surface area contributed by atoms with Crippen molar-refractivity contribution >= 4 is 12.2 Å². The second-order valence-corrected chi connectivity index (χ2v) is 3.60. The highest BCUT2D eigenvalue weighted by Gasteiger charge is 1.90. The zero-order chi connectivity index (χ0) is 12.6. The van der Waals surface area contributed by atoms with Gasteiger partial charge in [0.2, 0.25) is 0 Å². The molecule has 0 spiro atoms. The Hall–Kier alpha value is -2.42. The van der Waals surface area contributed by atoms with Crippen LogP contribution in [0.2, 0.25) is 0 Å². The highest BCUT2D eigenvalue weighted by molar-refractivity contribution is 5.53. The molecule has 0 unspecified atom stereocenters. The summed E-state index contributed by atoms with van der Waals surface area (Å²) >= 11 is 0. The van der Waals surface area contributed by atoms with Crippen LogP contribution >= 0.6 is 0 Å². The molecule has 0 aliphatic heterocycles. The van der Waals surface area contributed by atoms with E-state index in [1.54, 1.807) is 19.5 Å². The Morgan fingerprint density at radius 2 is 1.72 bits per heavy atom. The van der Waals surface area contributed by atoms with E-state index in [9.17, 15) is 0 Å². The van der Waals surface area contributed by atoms with E-state index >= 15 is 0 Å². The van der Waals surface area contributed by atoms with Crippen LogP contribution in [-0.4, -0.2) is 17.1 Å². The lowest BCUT2D eigenvalue weighted by molar-refractivity contribution is 0.413. The van der Waals surface area contributed by atoms with E-state index in [4.69, 9.17) is 4.74 Å². The summed E-state index contributed by atoms with van der Waals surface area (Å²) in [5, 5.41) is 0. The molecule has 2 aromatic heterocycles. The topological polar surface area (TPSA) is 35.0 Å². The van der Waals surface area contributed by atoms with Crippen molar-refractivity contribution in [1.29, 1.82) is 0 Å². The van der Waals surface area contributed by atoms with E-state index in [-0.39, 0.29) is 0 Å². The van der Waals surface area contributed by atoms with Gasteiger partial charge in [0.25, 0.3) is 0 Å². The first-order valence-electron chi connectivity index (χ1n) is 5.64. The van der Waals surface area contributed by atoms with Gasteiger partial charge in [-0.05, 0) is 36.4 Å². The van der Waals surface area contributed by atoms with E-state index in [2.05, 4.69) is 9.97 Å². The van der Waals surface area contributed by atoms with Crippen LogP contribution in [0.5, 0.6) is 5.75 Å². The molecule has 0 aliphatic rings. The zero-order valence-corrected chi connectivity index (χ0v) is 10.2. The van der Waals surface area contributed by atoms with E-state index < -0.39 is 0 Å². The highest BCUT2D eigenvalue weighted by Crippen LogP contribution is 2.08. The maximum absolute atomic E-state index is 5.04. The van der Waals surface area contributed by atoms with Gasteiger partial charge in [0.05, 0.1) is 24.7 Å². The number of pyridine rings is 2. The fourth-order valence-corrected chi connectivity index (χ4v) is 1.39. The normalized spacial score (nSPS) is 11.2. The summed E-state index contributed by atoms with van der Waals surface area (Å²) in [4.78, 5) is 8.43. The first kappa shape index (κ1) is 12.0. The lowest BCUT2D eigenvalue weighted by Gasteiger charge is -1.97. The van der Waals surface area contributed by atoms with Crippen LogP contribution in [0.4, 0.5) is 0 Å². The van der Waals surface area contributed by atoms with Crippen LogP contribution in [-0.2, 0) is 0 Å². The smallest absolute Gasteiger partial charge is 0.137 e. The molecule has 3 heteroatoms. The molecule has 0 N–H and O–H groups in total. The number of allylic oxidation sites excluding steroid dienone is 2. The number of methoxy groups -OCH3 is 1. The van der Waals surface area contributed by atoms with Crippen LogP contribution in [0.25, 0.3) is 12.2 Å². The Labute approximate surface area is 106 Å². The summed E-state index contributed by atoms with van der Waals surface area (Å²) in [6.07, 6.45) is 11.2. The van der Waals surface area contributed by atoms with Gasteiger partial charge in [0, 0.05) is 6.20 Å². The van der Waals surface area contributed by atoms with Gasteiger partial charge < -0.3 is 4.74 Å². The van der Waals surface area contributed by atoms with Crippen LogP contribution in [0, 0.1) is 0 Å². The lowest BCUT2D eigenvalue weighted by Crippen LogP contribution is -1.84. The molecule has 90 valence electrons. The van der Waals surface area contributed by atoms with Crippen molar-refractivity contribution in [2.45, 2.75) is 0 Å². The Balaban J connectivity index is 1.96. The third-order valence-corrected chi connectivity index (χ3v) is 2.33. The lowest BCUT2D eigenvalue weighted by atomic mass is 10.3. The molecule has 18 heavy (non-hydrogen) atoms. The van der Waals surface area contributed by atoms with Gasteiger partial charge in [-0.2, -0.15) is 0 Å². The largest absolute Gasteiger partial charge is 0.495 e. The molecule has 3 nitrogen and oxygen atoms in total. The van der Waals surface area contributed by atoms with Gasteiger partial charge in [0.15, 0.2) is 0 Å². The first-order valence-corrected chi connectivity index (χ1v) is 5.64. The van der Waals surface area contributed by atoms with E-state index in [1.807, 2.05) is 54.6 Å². The van der Waals surface area contributed by atoms with Gasteiger partial charge in [-0.25, -0.2) is 0 Å². The van der Waals surface area contributed by atoms with Gasteiger partial charge in [-0.1, -0.05) is 18.2 Å². The molecule has 2 rings (SSSR count). The van der Waals surface area contributed by atoms with Crippen molar-refractivity contribution in [1.82, 2.24) is 9.97 Å². The molecule has 0 aromatic carbocycles. The molecule has 0 bridgehead atoms. The fraction of sp³-hybridized carbons (Fsp3) is 0.0667. The van der Waals surface area contributed by atoms with Crippen molar-refractivity contribution in [2.75, 3.05) is 7.11 Å². The fourth-order valence-electron chi connectivity index (χ4n) is 1.39. The van der Waals surface area contributed by atoms with E-state index in [0.717, 1.165) is 17.1 Å². The number of hydrogen-bond acceptors (Lipinski definition) is 3. The third kappa shape index (κ3) is 3.56. The molecular weight excluding hydrogens is 224 g/mol. The molecule has 0 amide bonds. The maximum Gasteiger partial charge on any atom is 0.137 e. The summed E-state index contributed by atoms with van der Waals surface area (Å²) in [5.74, 6) is 0.760. The van der Waals surface area contributed by atoms with Gasteiger partial charge in [0.1, 0.15) is 5.75 Å². The van der Waals surface area contributed by atoms with Crippen LogP contribution in [0.3, 0.4) is 0 Å². The Morgan fingerprint density at radius 3 is 2.28 bits per heavy atom. The summed E-state index contributed by atoms with van der Waals surface area (Å²) in [6, 6.07) is 9.60. The number of hydrogen-bond donors (Lipinski definition) is 0. The minimum Gasteiger partial charge on any atom is -0.495 e. The van der Waals surface area contributed by atoms with Gasteiger partial charge >= 0.3 is 0 Å². The Morgan fingerprint density at radius 1 is 0.944 bits per heavy atom. The Bertz CT molecular complexity index is 530. The third-order valence-electron chi connectivity index (χ3n) is 2.33. The second kappa shape index (κ2) is 6.35. The van der Waals surface area contributed by atoms with Crippen molar-refractivity contribution in [3.05, 3.63) is 66.3 Å². The molecular formula is C15H14N2O. The van der Waals surface area contributed by atoms with Crippen LogP contribution in [0.15, 0.2) is 54.9 Å². The Kier molecular flexibility index (Phi) is 4.25. The second-order valence-electron chi connectivity index (χ2n) is 3.60. The standard InChI is InChI=1S/C15H14N2O/c1-18-15-10-9-14(17-12-15)7-3-2-6-13-8-4-5-11-16-13/h2-12H,1H3. The summed E-state index contributed by atoms with van der Waals surface area (Å²) < 4.78 is 5.04. The molecule has 0 atom stereocenters. The van der Waals surface area contributed by atoms with E-state index in [1.165, 1.54) is 0 Å². The predicted octanol–water partition coefficient (Wildman–Crippen LogP) is 3.21. The zero-order valence-electron chi connectivity index (χ0n) is 10.2. The average Bonchev–Trinajstić information content (AvgIpc) is 2.45. The molecule has 2 heterocycles. The van der Waals surface area contributed by atoms with Crippen molar-refractivity contribution in [3.8, 4) is 5.75 Å². The number of nitrogens with zero attached hydrogens (tertiary/aromatic N) is 2. The molecule has 0 fully saturated rings. The minimum atomic E-state index is 0.760. The number of aromatic nitrogens is 2. The minimum absolute atomic E-state index is 0.760. The molecule has 0 saturated carbocycles. The summed E-state index contributed by atoms with van der Waals surface area (Å²) in [6.45, 7) is 0. The molecule has 0 radical (unpaired) electrons. The van der Waals surface area contributed by atoms with Crippen molar-refractivity contribution in [2.24, 2.45) is 0 Å². The van der Waals surface area contributed by atoms with E-state index in [0.29, 0.717) is 0 Å². The summed E-state index contributed by atoms with van der Waals surface area (Å²) in [7, 11) is 1.63.